The normalized spacial score (nSPS) is 27.7. The first-order valence-electron chi connectivity index (χ1n) is 23.1. The molecule has 0 aromatic heterocycles. The first kappa shape index (κ1) is 45.1. The number of allylic oxidation sites excluding steroid dienone is 1. The van der Waals surface area contributed by atoms with Gasteiger partial charge in [-0.25, -0.2) is 0 Å². The Morgan fingerprint density at radius 3 is 2.28 bits per heavy atom. The van der Waals surface area contributed by atoms with E-state index in [-0.39, 0.29) is 49.8 Å². The van der Waals surface area contributed by atoms with Crippen LogP contribution in [-0.2, 0) is 62.3 Å². The molecule has 14 nitrogen and oxygen atoms in total. The highest BCUT2D eigenvalue weighted by Gasteiger charge is 2.78. The number of nitrogens with one attached hydrogen (secondary N) is 1. The number of nitrogens with zero attached hydrogens (tertiary/aromatic N) is 2. The predicted octanol–water partition coefficient (Wildman–Crippen LogP) is 5.42. The number of hydroxylamine groups is 2. The van der Waals surface area contributed by atoms with E-state index >= 15 is 4.79 Å². The van der Waals surface area contributed by atoms with Crippen LogP contribution in [0.25, 0.3) is 6.08 Å². The fraction of sp³-hybridized carbons (Fsp3) is 0.529. The fourth-order valence-electron chi connectivity index (χ4n) is 10.5. The summed E-state index contributed by atoms with van der Waals surface area (Å²) in [7, 11) is 1.58. The quantitative estimate of drug-likeness (QED) is 0.147. The number of likely N-dealkylation sites (N-methyl/N-ethyl adjacent to an activating group) is 1. The van der Waals surface area contributed by atoms with Crippen molar-refractivity contribution >= 4 is 29.8 Å². The number of ether oxygens (including phenoxy) is 4. The van der Waals surface area contributed by atoms with Gasteiger partial charge in [-0.3, -0.25) is 24.0 Å². The zero-order valence-electron chi connectivity index (χ0n) is 37.6. The van der Waals surface area contributed by atoms with Gasteiger partial charge in [-0.1, -0.05) is 84.9 Å². The maximum Gasteiger partial charge on any atom is 0.327 e. The number of para-hydroxylation sites is 1. The van der Waals surface area contributed by atoms with Gasteiger partial charge in [0.05, 0.1) is 19.2 Å². The number of benzene rings is 3. The van der Waals surface area contributed by atoms with Crippen LogP contribution in [-0.4, -0.2) is 112 Å². The molecule has 3 aromatic carbocycles. The van der Waals surface area contributed by atoms with Crippen LogP contribution in [0.3, 0.4) is 0 Å². The number of phenols is 1. The van der Waals surface area contributed by atoms with Gasteiger partial charge >= 0.3 is 11.9 Å². The molecule has 346 valence electrons. The molecule has 3 aliphatic heterocycles. The highest BCUT2D eigenvalue weighted by atomic mass is 16.8. The highest BCUT2D eigenvalue weighted by molar-refractivity contribution is 5.96. The van der Waals surface area contributed by atoms with Crippen LogP contribution in [0, 0.1) is 17.3 Å². The summed E-state index contributed by atoms with van der Waals surface area (Å²) in [5, 5.41) is 25.1. The molecule has 2 bridgehead atoms. The first-order valence-corrected chi connectivity index (χ1v) is 23.1. The van der Waals surface area contributed by atoms with Gasteiger partial charge in [0.1, 0.15) is 47.2 Å². The van der Waals surface area contributed by atoms with Gasteiger partial charge in [-0.05, 0) is 87.6 Å². The van der Waals surface area contributed by atoms with Crippen molar-refractivity contribution in [2.45, 2.75) is 139 Å². The first-order chi connectivity index (χ1) is 31.2. The van der Waals surface area contributed by atoms with Crippen molar-refractivity contribution in [1.29, 1.82) is 0 Å². The van der Waals surface area contributed by atoms with Crippen molar-refractivity contribution in [2.75, 3.05) is 13.7 Å². The highest BCUT2D eigenvalue weighted by Crippen LogP contribution is 2.64. The van der Waals surface area contributed by atoms with E-state index in [1.54, 1.807) is 45.0 Å². The second-order valence-electron chi connectivity index (χ2n) is 19.8. The summed E-state index contributed by atoms with van der Waals surface area (Å²) in [6, 6.07) is 21.4. The number of carbonyl (C=O) groups excluding carboxylic acids is 4. The lowest BCUT2D eigenvalue weighted by molar-refractivity contribution is -0.235. The molecule has 6 fully saturated rings. The Morgan fingerprint density at radius 1 is 0.938 bits per heavy atom. The Hall–Kier alpha value is -5.12. The van der Waals surface area contributed by atoms with Crippen molar-refractivity contribution in [2.24, 2.45) is 17.3 Å². The maximum absolute atomic E-state index is 15.8. The van der Waals surface area contributed by atoms with Gasteiger partial charge in [-0.15, -0.1) is 0 Å². The molecule has 3 aromatic rings. The van der Waals surface area contributed by atoms with Gasteiger partial charge in [0.15, 0.2) is 11.8 Å². The monoisotopic (exact) mass is 891 g/mol. The maximum atomic E-state index is 15.8. The Kier molecular flexibility index (Phi) is 12.4. The number of amides is 2. The third-order valence-electron chi connectivity index (χ3n) is 13.9. The van der Waals surface area contributed by atoms with Crippen LogP contribution in [0.5, 0.6) is 5.75 Å². The number of phenolic OH excluding ortho intramolecular Hbond substituents is 1. The molecule has 14 heteroatoms. The average molecular weight is 892 g/mol. The second-order valence-corrected chi connectivity index (χ2v) is 19.8. The standard InChI is InChI=1S/C51H61N3O11/c1-49(2,3)62-41(57)26-25-37(30-55)52-46(58)38(27-32-11-6-5-7-12-32)53(4)48(60)50-28-40-42-43(64-51(63-42,35-21-22-35)36-23-24-36)45(50)65-54(44(50)47(59)61-40)29-33-19-17-31(18-20-33)13-10-15-34-14-8-9-16-39(34)56/h5-14,16-20,35-38,40,42-45,55-56H,15,21-30H2,1-4H3,(H,52,58)/t37-,38+,40+,42-,43-,44-,45+,50-/m0/s1. The molecule has 3 N–H and O–H groups in total. The number of aromatic hydroxyl groups is 1. The fourth-order valence-corrected chi connectivity index (χ4v) is 10.5. The SMILES string of the molecule is CN(C(=O)[C@@]12C[C@H]3OC(=O)[C@@H]1N(Cc1ccc(C=CCc4ccccc4O)cc1)O[C@@H]2[C@H]1OC(C2CC2)(C2CC2)O[C@H]13)[C@H](Cc1ccccc1)C(=O)N[C@H](CO)CCC(=O)OC(C)(C)C. The molecule has 0 radical (unpaired) electrons. The summed E-state index contributed by atoms with van der Waals surface area (Å²) in [4.78, 5) is 65.8. The van der Waals surface area contributed by atoms with Crippen molar-refractivity contribution in [3.63, 3.8) is 0 Å². The van der Waals surface area contributed by atoms with Crippen molar-refractivity contribution < 1.29 is 53.2 Å². The molecule has 3 aliphatic carbocycles. The zero-order valence-corrected chi connectivity index (χ0v) is 37.6. The molecule has 2 amide bonds. The Bertz CT molecular complexity index is 2260. The number of aliphatic hydroxyl groups is 1. The van der Waals surface area contributed by atoms with E-state index in [1.807, 2.05) is 78.9 Å². The summed E-state index contributed by atoms with van der Waals surface area (Å²) >= 11 is 0. The molecule has 8 atom stereocenters. The van der Waals surface area contributed by atoms with E-state index in [0.29, 0.717) is 6.42 Å². The van der Waals surface area contributed by atoms with Crippen LogP contribution < -0.4 is 5.32 Å². The summed E-state index contributed by atoms with van der Waals surface area (Å²) in [6.45, 7) is 5.03. The minimum atomic E-state index is -1.52. The van der Waals surface area contributed by atoms with Crippen LogP contribution >= 0.6 is 0 Å². The van der Waals surface area contributed by atoms with Gasteiger partial charge < -0.3 is 39.4 Å². The lowest BCUT2D eigenvalue weighted by Gasteiger charge is -2.50. The molecule has 9 rings (SSSR count). The van der Waals surface area contributed by atoms with Crippen LogP contribution in [0.15, 0.2) is 84.9 Å². The topological polar surface area (TPSA) is 173 Å². The van der Waals surface area contributed by atoms with E-state index in [2.05, 4.69) is 5.32 Å². The van der Waals surface area contributed by atoms with Gasteiger partial charge in [0.25, 0.3) is 0 Å². The van der Waals surface area contributed by atoms with E-state index < -0.39 is 89.7 Å². The second kappa shape index (κ2) is 17.9. The average Bonchev–Trinajstić information content (AvgIpc) is 4.23. The summed E-state index contributed by atoms with van der Waals surface area (Å²) < 4.78 is 25.7. The number of esters is 2. The molecule has 65 heavy (non-hydrogen) atoms. The van der Waals surface area contributed by atoms with Crippen molar-refractivity contribution in [3.8, 4) is 5.75 Å². The summed E-state index contributed by atoms with van der Waals surface area (Å²) in [6.07, 6.45) is 5.66. The van der Waals surface area contributed by atoms with E-state index in [9.17, 15) is 24.6 Å². The Balaban J connectivity index is 1.01. The lowest BCUT2D eigenvalue weighted by atomic mass is 9.62. The number of aliphatic hydroxyl groups excluding tert-OH is 1. The molecule has 6 aliphatic rings. The smallest absolute Gasteiger partial charge is 0.327 e. The third-order valence-corrected chi connectivity index (χ3v) is 13.9. The number of fused-ring (bicyclic) bond motifs is 4. The Labute approximate surface area is 380 Å². The molecule has 3 saturated carbocycles. The number of rotatable bonds is 17. The molecule has 0 spiro atoms. The van der Waals surface area contributed by atoms with Gasteiger partial charge in [0, 0.05) is 38.1 Å². The lowest BCUT2D eigenvalue weighted by Crippen LogP contribution is -2.70. The molecular formula is C51H61N3O11. The molecule has 0 unspecified atom stereocenters. The molecular weight excluding hydrogens is 831 g/mol. The van der Waals surface area contributed by atoms with Crippen LogP contribution in [0.2, 0.25) is 0 Å². The minimum absolute atomic E-state index is 0.0308. The van der Waals surface area contributed by atoms with E-state index in [4.69, 9.17) is 23.8 Å². The number of hydrogen-bond donors (Lipinski definition) is 3. The zero-order chi connectivity index (χ0) is 45.7. The van der Waals surface area contributed by atoms with Crippen molar-refractivity contribution in [3.05, 3.63) is 107 Å². The number of carbonyl (C=O) groups is 4. The van der Waals surface area contributed by atoms with Gasteiger partial charge in [-0.2, -0.15) is 5.06 Å². The molecule has 3 heterocycles. The summed E-state index contributed by atoms with van der Waals surface area (Å²) in [5.41, 5.74) is 1.20. The van der Waals surface area contributed by atoms with Crippen LogP contribution in [0.4, 0.5) is 0 Å². The predicted molar refractivity (Wildman–Crippen MR) is 237 cm³/mol. The van der Waals surface area contributed by atoms with Crippen LogP contribution in [0.1, 0.15) is 88.0 Å². The molecule has 3 saturated heterocycles. The van der Waals surface area contributed by atoms with E-state index in [0.717, 1.165) is 47.9 Å². The summed E-state index contributed by atoms with van der Waals surface area (Å²) in [5.74, 6) is -2.20. The minimum Gasteiger partial charge on any atom is -0.508 e. The third kappa shape index (κ3) is 9.08. The van der Waals surface area contributed by atoms with Gasteiger partial charge in [0.2, 0.25) is 11.8 Å². The van der Waals surface area contributed by atoms with Crippen molar-refractivity contribution in [1.82, 2.24) is 15.3 Å². The Morgan fingerprint density at radius 2 is 1.62 bits per heavy atom. The van der Waals surface area contributed by atoms with E-state index in [1.165, 1.54) is 4.90 Å². The largest absolute Gasteiger partial charge is 0.508 e. The number of hydrogen-bond acceptors (Lipinski definition) is 12.